The van der Waals surface area contributed by atoms with Crippen LogP contribution in [0, 0.1) is 5.92 Å². The Hall–Kier alpha value is -1.71. The van der Waals surface area contributed by atoms with Gasteiger partial charge in [0.15, 0.2) is 0 Å². The molecule has 0 N–H and O–H groups in total. The minimum Gasteiger partial charge on any atom is -0.343 e. The van der Waals surface area contributed by atoms with Crippen molar-refractivity contribution >= 4 is 22.7 Å². The molecular weight excluding hydrogens is 372 g/mol. The van der Waals surface area contributed by atoms with Gasteiger partial charge in [-0.25, -0.2) is 0 Å². The van der Waals surface area contributed by atoms with Gasteiger partial charge < -0.3 is 4.57 Å². The maximum absolute atomic E-state index is 2.82. The highest BCUT2D eigenvalue weighted by atomic mass is 32.2. The summed E-state index contributed by atoms with van der Waals surface area (Å²) in [4.78, 5) is 2.82. The fourth-order valence-corrected chi connectivity index (χ4v) is 6.60. The molecule has 0 spiro atoms. The first-order chi connectivity index (χ1) is 14.3. The first-order valence-corrected chi connectivity index (χ1v) is 12.6. The monoisotopic (exact) mass is 404 g/mol. The van der Waals surface area contributed by atoms with E-state index >= 15 is 0 Å². The molecule has 0 amide bonds. The summed E-state index contributed by atoms with van der Waals surface area (Å²) in [6.45, 7) is 5.82. The van der Waals surface area contributed by atoms with Gasteiger partial charge in [0.25, 0.3) is 0 Å². The molecule has 0 radical (unpaired) electrons. The lowest BCUT2D eigenvalue weighted by atomic mass is 9.72. The maximum Gasteiger partial charge on any atom is 0.0489 e. The minimum atomic E-state index is 0.679. The number of hydrogen-bond acceptors (Lipinski definition) is 2. The number of rotatable bonds is 6. The molecule has 2 nitrogen and oxygen atoms in total. The summed E-state index contributed by atoms with van der Waals surface area (Å²) in [6, 6.07) is 18.6. The molecule has 1 unspecified atom stereocenters. The van der Waals surface area contributed by atoms with Crippen LogP contribution in [0.3, 0.4) is 0 Å². The van der Waals surface area contributed by atoms with Gasteiger partial charge in [-0.1, -0.05) is 49.4 Å². The topological polar surface area (TPSA) is 8.17 Å². The van der Waals surface area contributed by atoms with Crippen molar-refractivity contribution in [1.29, 1.82) is 0 Å². The number of fused-ring (bicyclic) bond motifs is 2. The molecule has 0 bridgehead atoms. The number of nitrogens with zero attached hydrogens (tertiary/aromatic N) is 2. The molecule has 3 aromatic rings. The van der Waals surface area contributed by atoms with Crippen LogP contribution < -0.4 is 0 Å². The molecule has 1 saturated heterocycles. The lowest BCUT2D eigenvalue weighted by molar-refractivity contribution is 0.0926. The van der Waals surface area contributed by atoms with Gasteiger partial charge in [0.2, 0.25) is 0 Å². The van der Waals surface area contributed by atoms with Gasteiger partial charge in [-0.3, -0.25) is 4.90 Å². The van der Waals surface area contributed by atoms with Crippen LogP contribution in [0.1, 0.15) is 42.4 Å². The average Bonchev–Trinajstić information content (AvgIpc) is 3.09. The number of hydrogen-bond donors (Lipinski definition) is 0. The van der Waals surface area contributed by atoms with Crippen molar-refractivity contribution < 1.29 is 0 Å². The molecule has 5 rings (SSSR count). The van der Waals surface area contributed by atoms with E-state index in [1.807, 2.05) is 11.8 Å². The second-order valence-corrected chi connectivity index (χ2v) is 9.85. The van der Waals surface area contributed by atoms with Crippen LogP contribution in [0.5, 0.6) is 0 Å². The fourth-order valence-electron chi connectivity index (χ4n) is 5.89. The van der Waals surface area contributed by atoms with Crippen LogP contribution in [0.2, 0.25) is 0 Å². The van der Waals surface area contributed by atoms with Crippen LogP contribution in [-0.2, 0) is 13.0 Å². The Morgan fingerprint density at radius 2 is 1.93 bits per heavy atom. The fraction of sp³-hybridized carbons (Fsp3) is 0.462. The Balaban J connectivity index is 1.55. The van der Waals surface area contributed by atoms with Crippen LogP contribution >= 0.6 is 11.8 Å². The van der Waals surface area contributed by atoms with Crippen molar-refractivity contribution in [2.24, 2.45) is 5.92 Å². The van der Waals surface area contributed by atoms with Crippen molar-refractivity contribution in [2.45, 2.75) is 44.7 Å². The standard InChI is InChI=1S/C26H32N2S/c1-3-12-27-16-20(18-29-2)13-23-22-10-7-11-24-26(22)21(14-25(23)27)17-28(24)15-19-8-5-4-6-9-19/h4-11,17,20,23,25H,3,12-16,18H2,1-2H3/t20?,23-,25-/m0/s1. The summed E-state index contributed by atoms with van der Waals surface area (Å²) >= 11 is 2.02. The summed E-state index contributed by atoms with van der Waals surface area (Å²) in [5.74, 6) is 2.80. The number of thioether (sulfide) groups is 1. The third-order valence-corrected chi connectivity index (χ3v) is 7.77. The van der Waals surface area contributed by atoms with E-state index in [0.29, 0.717) is 12.0 Å². The smallest absolute Gasteiger partial charge is 0.0489 e. The molecule has 2 heterocycles. The molecular formula is C26H32N2S. The van der Waals surface area contributed by atoms with E-state index in [-0.39, 0.29) is 0 Å². The van der Waals surface area contributed by atoms with E-state index in [1.54, 1.807) is 16.5 Å². The largest absolute Gasteiger partial charge is 0.343 e. The third-order valence-electron chi connectivity index (χ3n) is 6.97. The number of benzene rings is 2. The molecule has 152 valence electrons. The molecule has 1 fully saturated rings. The van der Waals surface area contributed by atoms with Gasteiger partial charge >= 0.3 is 0 Å². The van der Waals surface area contributed by atoms with Gasteiger partial charge in [-0.05, 0) is 66.5 Å². The predicted octanol–water partition coefficient (Wildman–Crippen LogP) is 5.79. The maximum atomic E-state index is 2.82. The Labute approximate surface area is 179 Å². The van der Waals surface area contributed by atoms with Crippen LogP contribution in [0.25, 0.3) is 10.9 Å². The highest BCUT2D eigenvalue weighted by Crippen LogP contribution is 2.45. The Morgan fingerprint density at radius 1 is 1.07 bits per heavy atom. The van der Waals surface area contributed by atoms with Gasteiger partial charge in [-0.15, -0.1) is 0 Å². The molecule has 1 aromatic heterocycles. The number of piperidine rings is 1. The minimum absolute atomic E-state index is 0.679. The van der Waals surface area contributed by atoms with Crippen molar-refractivity contribution in [1.82, 2.24) is 9.47 Å². The van der Waals surface area contributed by atoms with Crippen LogP contribution in [0.4, 0.5) is 0 Å². The van der Waals surface area contributed by atoms with E-state index in [2.05, 4.69) is 77.4 Å². The second kappa shape index (κ2) is 8.20. The molecule has 0 saturated carbocycles. The van der Waals surface area contributed by atoms with Crippen molar-refractivity contribution in [2.75, 3.05) is 25.1 Å². The first-order valence-electron chi connectivity index (χ1n) is 11.2. The highest BCUT2D eigenvalue weighted by molar-refractivity contribution is 7.98. The van der Waals surface area contributed by atoms with Crippen molar-refractivity contribution in [3.63, 3.8) is 0 Å². The molecule has 3 atom stereocenters. The zero-order valence-electron chi connectivity index (χ0n) is 17.7. The normalized spacial score (nSPS) is 24.0. The van der Waals surface area contributed by atoms with Gasteiger partial charge in [0, 0.05) is 42.1 Å². The second-order valence-electron chi connectivity index (χ2n) is 8.94. The predicted molar refractivity (Wildman–Crippen MR) is 126 cm³/mol. The van der Waals surface area contributed by atoms with Gasteiger partial charge in [-0.2, -0.15) is 11.8 Å². The SMILES string of the molecule is CCCN1CC(CSC)C[C@H]2c3cccc4c3c(cn4Cc3ccccc3)C[C@@H]21. The van der Waals surface area contributed by atoms with E-state index < -0.39 is 0 Å². The van der Waals surface area contributed by atoms with E-state index in [0.717, 1.165) is 12.5 Å². The Kier molecular flexibility index (Phi) is 5.45. The molecule has 2 aliphatic rings. The summed E-state index contributed by atoms with van der Waals surface area (Å²) in [5.41, 5.74) is 5.99. The lowest BCUT2D eigenvalue weighted by Crippen LogP contribution is -2.50. The number of aromatic nitrogens is 1. The van der Waals surface area contributed by atoms with Gasteiger partial charge in [0.1, 0.15) is 0 Å². The summed E-state index contributed by atoms with van der Waals surface area (Å²) in [5, 5.41) is 1.56. The molecule has 1 aliphatic heterocycles. The highest BCUT2D eigenvalue weighted by Gasteiger charge is 2.40. The number of likely N-dealkylation sites (tertiary alicyclic amines) is 1. The van der Waals surface area contributed by atoms with Crippen LogP contribution in [-0.4, -0.2) is 40.6 Å². The summed E-state index contributed by atoms with van der Waals surface area (Å²) in [6.07, 6.45) is 8.54. The van der Waals surface area contributed by atoms with Gasteiger partial charge in [0.05, 0.1) is 0 Å². The third kappa shape index (κ3) is 3.53. The summed E-state index contributed by atoms with van der Waals surface area (Å²) in [7, 11) is 0. The lowest BCUT2D eigenvalue weighted by Gasteiger charge is -2.47. The Morgan fingerprint density at radius 3 is 2.72 bits per heavy atom. The molecule has 2 aromatic carbocycles. The van der Waals surface area contributed by atoms with Crippen molar-refractivity contribution in [3.05, 3.63) is 71.4 Å². The van der Waals surface area contributed by atoms with E-state index in [1.165, 1.54) is 49.2 Å². The molecule has 29 heavy (non-hydrogen) atoms. The average molecular weight is 405 g/mol. The Bertz CT molecular complexity index is 977. The quantitative estimate of drug-likeness (QED) is 0.513. The molecule has 1 aliphatic carbocycles. The zero-order chi connectivity index (χ0) is 19.8. The van der Waals surface area contributed by atoms with E-state index in [9.17, 15) is 0 Å². The first kappa shape index (κ1) is 19.3. The molecule has 3 heteroatoms. The zero-order valence-corrected chi connectivity index (χ0v) is 18.5. The summed E-state index contributed by atoms with van der Waals surface area (Å²) < 4.78 is 2.49. The van der Waals surface area contributed by atoms with Crippen molar-refractivity contribution in [3.8, 4) is 0 Å². The van der Waals surface area contributed by atoms with E-state index in [4.69, 9.17) is 0 Å². The van der Waals surface area contributed by atoms with Crippen LogP contribution in [0.15, 0.2) is 54.7 Å².